The monoisotopic (exact) mass is 480 g/mol. The smallest absolute Gasteiger partial charge is 0.242 e. The van der Waals surface area contributed by atoms with Gasteiger partial charge in [0.05, 0.1) is 12.9 Å². The van der Waals surface area contributed by atoms with Gasteiger partial charge in [-0.25, -0.2) is 4.39 Å². The van der Waals surface area contributed by atoms with E-state index < -0.39 is 11.9 Å². The normalized spacial score (nSPS) is 11.5. The summed E-state index contributed by atoms with van der Waals surface area (Å²) >= 11 is 1.46. The maximum atomic E-state index is 14.5. The summed E-state index contributed by atoms with van der Waals surface area (Å²) in [6, 6.07) is 22.8. The number of benzene rings is 3. The maximum absolute atomic E-state index is 14.5. The minimum absolute atomic E-state index is 0.0134. The Morgan fingerprint density at radius 1 is 0.971 bits per heavy atom. The molecule has 0 unspecified atom stereocenters. The Morgan fingerprint density at radius 3 is 2.29 bits per heavy atom. The van der Waals surface area contributed by atoms with Gasteiger partial charge >= 0.3 is 0 Å². The molecule has 3 rings (SSSR count). The zero-order valence-electron chi connectivity index (χ0n) is 19.4. The molecule has 3 aromatic carbocycles. The van der Waals surface area contributed by atoms with Gasteiger partial charge < -0.3 is 15.0 Å². The molecule has 0 saturated carbocycles. The zero-order chi connectivity index (χ0) is 24.3. The standard InChI is InChI=1S/C27H29FN2O3S/c1-29-27(32)25(16-20-8-4-3-5-9-20)30(17-22-10-6-7-11-24(22)28)26(31)19-34-18-21-12-14-23(33-2)15-13-21/h3-15,25H,16-19H2,1-2H3,(H,29,32)/t25-/m0/s1. The molecule has 0 saturated heterocycles. The highest BCUT2D eigenvalue weighted by atomic mass is 32.2. The van der Waals surface area contributed by atoms with Crippen LogP contribution in [0, 0.1) is 5.82 Å². The van der Waals surface area contributed by atoms with Gasteiger partial charge in [-0.05, 0) is 29.3 Å². The summed E-state index contributed by atoms with van der Waals surface area (Å²) in [6.45, 7) is 0.0134. The van der Waals surface area contributed by atoms with Gasteiger partial charge in [-0.2, -0.15) is 0 Å². The minimum atomic E-state index is -0.763. The van der Waals surface area contributed by atoms with Crippen LogP contribution in [-0.2, 0) is 28.3 Å². The van der Waals surface area contributed by atoms with Gasteiger partial charge in [0.2, 0.25) is 11.8 Å². The second-order valence-corrected chi connectivity index (χ2v) is 8.76. The van der Waals surface area contributed by atoms with Crippen LogP contribution >= 0.6 is 11.8 Å². The Bertz CT molecular complexity index is 1080. The van der Waals surface area contributed by atoms with E-state index in [2.05, 4.69) is 5.32 Å². The molecule has 0 heterocycles. The molecule has 0 aromatic heterocycles. The third-order valence-corrected chi connectivity index (χ3v) is 6.46. The molecular formula is C27H29FN2O3S. The molecular weight excluding hydrogens is 451 g/mol. The lowest BCUT2D eigenvalue weighted by Gasteiger charge is -2.31. The van der Waals surface area contributed by atoms with E-state index in [1.807, 2.05) is 54.6 Å². The van der Waals surface area contributed by atoms with Gasteiger partial charge in [0, 0.05) is 31.3 Å². The number of hydrogen-bond acceptors (Lipinski definition) is 4. The molecule has 7 heteroatoms. The van der Waals surface area contributed by atoms with Crippen LogP contribution in [0.5, 0.6) is 5.75 Å². The average Bonchev–Trinajstić information content (AvgIpc) is 2.87. The summed E-state index contributed by atoms with van der Waals surface area (Å²) in [5.41, 5.74) is 2.36. The molecule has 0 radical (unpaired) electrons. The average molecular weight is 481 g/mol. The van der Waals surface area contributed by atoms with Crippen LogP contribution in [-0.4, -0.2) is 42.7 Å². The van der Waals surface area contributed by atoms with E-state index in [9.17, 15) is 14.0 Å². The summed E-state index contributed by atoms with van der Waals surface area (Å²) < 4.78 is 19.6. The predicted molar refractivity (Wildman–Crippen MR) is 134 cm³/mol. The van der Waals surface area contributed by atoms with Crippen LogP contribution in [0.3, 0.4) is 0 Å². The number of halogens is 1. The SMILES string of the molecule is CNC(=O)[C@H](Cc1ccccc1)N(Cc1ccccc1F)C(=O)CSCc1ccc(OC)cc1. The Morgan fingerprint density at radius 2 is 1.65 bits per heavy atom. The molecule has 178 valence electrons. The third kappa shape index (κ3) is 7.09. The quantitative estimate of drug-likeness (QED) is 0.441. The summed E-state index contributed by atoms with van der Waals surface area (Å²) in [6.07, 6.45) is 0.337. The second-order valence-electron chi connectivity index (χ2n) is 7.77. The Hall–Kier alpha value is -3.32. The molecule has 5 nitrogen and oxygen atoms in total. The number of likely N-dealkylation sites (N-methyl/N-ethyl adjacent to an activating group) is 1. The van der Waals surface area contributed by atoms with E-state index in [-0.39, 0.29) is 24.1 Å². The first-order valence-corrected chi connectivity index (χ1v) is 12.2. The minimum Gasteiger partial charge on any atom is -0.497 e. The van der Waals surface area contributed by atoms with Crippen LogP contribution in [0.2, 0.25) is 0 Å². The molecule has 1 atom stereocenters. The lowest BCUT2D eigenvalue weighted by molar-refractivity contribution is -0.139. The topological polar surface area (TPSA) is 58.6 Å². The highest BCUT2D eigenvalue weighted by Crippen LogP contribution is 2.20. The van der Waals surface area contributed by atoms with Crippen molar-refractivity contribution in [1.82, 2.24) is 10.2 Å². The number of carbonyl (C=O) groups is 2. The lowest BCUT2D eigenvalue weighted by Crippen LogP contribution is -2.50. The number of nitrogens with one attached hydrogen (secondary N) is 1. The van der Waals surface area contributed by atoms with Crippen molar-refractivity contribution >= 4 is 23.6 Å². The number of methoxy groups -OCH3 is 1. The van der Waals surface area contributed by atoms with E-state index >= 15 is 0 Å². The van der Waals surface area contributed by atoms with Crippen LogP contribution in [0.1, 0.15) is 16.7 Å². The molecule has 0 aliphatic heterocycles. The second kappa shape index (κ2) is 12.8. The van der Waals surface area contributed by atoms with Gasteiger partial charge in [0.25, 0.3) is 0 Å². The number of ether oxygens (including phenoxy) is 1. The number of thioether (sulfide) groups is 1. The van der Waals surface area contributed by atoms with Crippen LogP contribution in [0.4, 0.5) is 4.39 Å². The Labute approximate surface area is 204 Å². The number of rotatable bonds is 11. The largest absolute Gasteiger partial charge is 0.497 e. The number of nitrogens with zero attached hydrogens (tertiary/aromatic N) is 1. The van der Waals surface area contributed by atoms with E-state index in [0.717, 1.165) is 16.9 Å². The summed E-state index contributed by atoms with van der Waals surface area (Å²) in [5.74, 6) is 0.673. The van der Waals surface area contributed by atoms with Gasteiger partial charge in [0.1, 0.15) is 17.6 Å². The molecule has 2 amide bonds. The fraction of sp³-hybridized carbons (Fsp3) is 0.259. The number of amides is 2. The van der Waals surface area contributed by atoms with Crippen molar-refractivity contribution in [2.75, 3.05) is 19.9 Å². The van der Waals surface area contributed by atoms with E-state index in [0.29, 0.717) is 17.7 Å². The summed E-state index contributed by atoms with van der Waals surface area (Å²) in [4.78, 5) is 27.8. The number of carbonyl (C=O) groups excluding carboxylic acids is 2. The third-order valence-electron chi connectivity index (χ3n) is 5.47. The first-order chi connectivity index (χ1) is 16.5. The van der Waals surface area contributed by atoms with Crippen molar-refractivity contribution < 1.29 is 18.7 Å². The number of hydrogen-bond donors (Lipinski definition) is 1. The molecule has 0 aliphatic rings. The molecule has 0 bridgehead atoms. The molecule has 3 aromatic rings. The molecule has 0 fully saturated rings. The van der Waals surface area contributed by atoms with E-state index in [1.165, 1.54) is 22.7 Å². The van der Waals surface area contributed by atoms with E-state index in [4.69, 9.17) is 4.74 Å². The highest BCUT2D eigenvalue weighted by Gasteiger charge is 2.30. The summed E-state index contributed by atoms with van der Waals surface area (Å²) in [5, 5.41) is 2.67. The van der Waals surface area contributed by atoms with E-state index in [1.54, 1.807) is 32.4 Å². The Balaban J connectivity index is 1.79. The molecule has 1 N–H and O–H groups in total. The lowest BCUT2D eigenvalue weighted by atomic mass is 10.0. The fourth-order valence-corrected chi connectivity index (χ4v) is 4.46. The summed E-state index contributed by atoms with van der Waals surface area (Å²) in [7, 11) is 3.16. The van der Waals surface area contributed by atoms with Gasteiger partial charge in [-0.15, -0.1) is 11.8 Å². The van der Waals surface area contributed by atoms with Gasteiger partial charge in [0.15, 0.2) is 0 Å². The van der Waals surface area contributed by atoms with Crippen molar-refractivity contribution in [3.05, 3.63) is 101 Å². The predicted octanol–water partition coefficient (Wildman–Crippen LogP) is 4.45. The first-order valence-electron chi connectivity index (χ1n) is 11.0. The fourth-order valence-electron chi connectivity index (χ4n) is 3.59. The van der Waals surface area contributed by atoms with Crippen molar-refractivity contribution in [3.63, 3.8) is 0 Å². The zero-order valence-corrected chi connectivity index (χ0v) is 20.2. The van der Waals surface area contributed by atoms with Crippen LogP contribution in [0.15, 0.2) is 78.9 Å². The molecule has 34 heavy (non-hydrogen) atoms. The van der Waals surface area contributed by atoms with Crippen molar-refractivity contribution in [2.24, 2.45) is 0 Å². The van der Waals surface area contributed by atoms with Crippen molar-refractivity contribution in [1.29, 1.82) is 0 Å². The van der Waals surface area contributed by atoms with Gasteiger partial charge in [-0.1, -0.05) is 60.7 Å². The highest BCUT2D eigenvalue weighted by molar-refractivity contribution is 7.99. The maximum Gasteiger partial charge on any atom is 0.242 e. The van der Waals surface area contributed by atoms with Crippen molar-refractivity contribution in [2.45, 2.75) is 24.8 Å². The molecule has 0 spiro atoms. The Kier molecular flexibility index (Phi) is 9.52. The first kappa shape index (κ1) is 25.3. The van der Waals surface area contributed by atoms with Gasteiger partial charge in [-0.3, -0.25) is 9.59 Å². The van der Waals surface area contributed by atoms with Crippen molar-refractivity contribution in [3.8, 4) is 5.75 Å². The van der Waals surface area contributed by atoms with Crippen LogP contribution < -0.4 is 10.1 Å². The van der Waals surface area contributed by atoms with Crippen LogP contribution in [0.25, 0.3) is 0 Å². The molecule has 0 aliphatic carbocycles.